The number of hydrogen-bond acceptors (Lipinski definition) is 3. The Bertz CT molecular complexity index is 668. The molecule has 22 heavy (non-hydrogen) atoms. The molecule has 1 aromatic rings. The molecule has 2 saturated heterocycles. The standard InChI is InChI=1S/C17H23NO3S/c1-13-4-2-3-5-16(13)15-6-8-18(11-15)17(19)10-14-7-9-22(20,21)12-14/h2-5,14-15H,6-12H2,1H3/t14-,15+/m0/s1. The first-order valence-corrected chi connectivity index (χ1v) is 9.80. The van der Waals surface area contributed by atoms with Crippen LogP contribution in [0, 0.1) is 12.8 Å². The summed E-state index contributed by atoms with van der Waals surface area (Å²) >= 11 is 0. The number of sulfone groups is 1. The Morgan fingerprint density at radius 2 is 2.05 bits per heavy atom. The highest BCUT2D eigenvalue weighted by Gasteiger charge is 2.33. The van der Waals surface area contributed by atoms with Crippen LogP contribution in [0.2, 0.25) is 0 Å². The van der Waals surface area contributed by atoms with Crippen molar-refractivity contribution in [1.29, 1.82) is 0 Å². The van der Waals surface area contributed by atoms with Gasteiger partial charge in [-0.15, -0.1) is 0 Å². The maximum Gasteiger partial charge on any atom is 0.222 e. The lowest BCUT2D eigenvalue weighted by Gasteiger charge is -2.19. The third-order valence-electron chi connectivity index (χ3n) is 4.96. The molecule has 0 aromatic heterocycles. The Morgan fingerprint density at radius 3 is 2.73 bits per heavy atom. The topological polar surface area (TPSA) is 54.5 Å². The predicted octanol–water partition coefficient (Wildman–Crippen LogP) is 2.14. The largest absolute Gasteiger partial charge is 0.342 e. The van der Waals surface area contributed by atoms with Gasteiger partial charge in [-0.25, -0.2) is 8.42 Å². The van der Waals surface area contributed by atoms with Crippen LogP contribution < -0.4 is 0 Å². The molecule has 0 radical (unpaired) electrons. The second kappa shape index (κ2) is 6.03. The van der Waals surface area contributed by atoms with Gasteiger partial charge in [-0.05, 0) is 36.8 Å². The summed E-state index contributed by atoms with van der Waals surface area (Å²) in [5.74, 6) is 0.996. The van der Waals surface area contributed by atoms with Gasteiger partial charge in [-0.3, -0.25) is 4.79 Å². The number of rotatable bonds is 3. The molecule has 0 bridgehead atoms. The molecule has 1 aromatic carbocycles. The maximum absolute atomic E-state index is 12.4. The first kappa shape index (κ1) is 15.5. The van der Waals surface area contributed by atoms with E-state index in [1.165, 1.54) is 11.1 Å². The summed E-state index contributed by atoms with van der Waals surface area (Å²) in [6.07, 6.45) is 2.03. The molecule has 4 nitrogen and oxygen atoms in total. The van der Waals surface area contributed by atoms with Gasteiger partial charge in [0.15, 0.2) is 9.84 Å². The lowest BCUT2D eigenvalue weighted by atomic mass is 9.94. The number of nitrogens with zero attached hydrogens (tertiary/aromatic N) is 1. The summed E-state index contributed by atoms with van der Waals surface area (Å²) in [6.45, 7) is 3.67. The molecule has 1 amide bonds. The molecular formula is C17H23NO3S. The predicted molar refractivity (Wildman–Crippen MR) is 86.5 cm³/mol. The van der Waals surface area contributed by atoms with Crippen LogP contribution in [0.1, 0.15) is 36.3 Å². The van der Waals surface area contributed by atoms with E-state index < -0.39 is 9.84 Å². The molecule has 3 rings (SSSR count). The van der Waals surface area contributed by atoms with Gasteiger partial charge in [0.2, 0.25) is 5.91 Å². The fraction of sp³-hybridized carbons (Fsp3) is 0.588. The SMILES string of the molecule is Cc1ccccc1[C@@H]1CCN(C(=O)C[C@@H]2CCS(=O)(=O)C2)C1. The summed E-state index contributed by atoms with van der Waals surface area (Å²) in [6, 6.07) is 8.36. The van der Waals surface area contributed by atoms with Crippen molar-refractivity contribution in [2.45, 2.75) is 32.1 Å². The second-order valence-corrected chi connectivity index (χ2v) is 8.88. The zero-order valence-electron chi connectivity index (χ0n) is 13.0. The quantitative estimate of drug-likeness (QED) is 0.857. The zero-order valence-corrected chi connectivity index (χ0v) is 13.8. The van der Waals surface area contributed by atoms with Gasteiger partial charge < -0.3 is 4.90 Å². The van der Waals surface area contributed by atoms with Crippen molar-refractivity contribution in [3.8, 4) is 0 Å². The average molecular weight is 321 g/mol. The molecule has 2 aliphatic heterocycles. The molecule has 2 atom stereocenters. The number of carbonyl (C=O) groups excluding carboxylic acids is 1. The van der Waals surface area contributed by atoms with Crippen molar-refractivity contribution in [2.75, 3.05) is 24.6 Å². The fourth-order valence-corrected chi connectivity index (χ4v) is 5.56. The Hall–Kier alpha value is -1.36. The van der Waals surface area contributed by atoms with Crippen LogP contribution in [0.15, 0.2) is 24.3 Å². The normalized spacial score (nSPS) is 27.2. The van der Waals surface area contributed by atoms with E-state index in [0.29, 0.717) is 18.8 Å². The van der Waals surface area contributed by atoms with Gasteiger partial charge in [0.1, 0.15) is 0 Å². The molecule has 5 heteroatoms. The maximum atomic E-state index is 12.4. The van der Waals surface area contributed by atoms with Gasteiger partial charge >= 0.3 is 0 Å². The minimum atomic E-state index is -2.89. The number of aryl methyl sites for hydroxylation is 1. The number of carbonyl (C=O) groups is 1. The highest BCUT2D eigenvalue weighted by Crippen LogP contribution is 2.30. The van der Waals surface area contributed by atoms with Crippen molar-refractivity contribution in [2.24, 2.45) is 5.92 Å². The minimum Gasteiger partial charge on any atom is -0.342 e. The van der Waals surface area contributed by atoms with Gasteiger partial charge in [0.25, 0.3) is 0 Å². The first-order chi connectivity index (χ1) is 10.4. The van der Waals surface area contributed by atoms with Crippen molar-refractivity contribution in [1.82, 2.24) is 4.90 Å². The monoisotopic (exact) mass is 321 g/mol. The van der Waals surface area contributed by atoms with Crippen molar-refractivity contribution < 1.29 is 13.2 Å². The van der Waals surface area contributed by atoms with Crippen molar-refractivity contribution >= 4 is 15.7 Å². The molecule has 0 unspecified atom stereocenters. The van der Waals surface area contributed by atoms with E-state index in [1.54, 1.807) is 0 Å². The number of benzene rings is 1. The Kier molecular flexibility index (Phi) is 4.26. The van der Waals surface area contributed by atoms with Crippen LogP contribution in [0.25, 0.3) is 0 Å². The average Bonchev–Trinajstić information content (AvgIpc) is 3.06. The van der Waals surface area contributed by atoms with E-state index in [-0.39, 0.29) is 23.3 Å². The van der Waals surface area contributed by atoms with Gasteiger partial charge in [0, 0.05) is 25.4 Å². The number of hydrogen-bond donors (Lipinski definition) is 0. The number of amides is 1. The Balaban J connectivity index is 1.59. The molecule has 2 aliphatic rings. The van der Waals surface area contributed by atoms with Gasteiger partial charge in [-0.2, -0.15) is 0 Å². The smallest absolute Gasteiger partial charge is 0.222 e. The first-order valence-electron chi connectivity index (χ1n) is 7.98. The molecule has 0 saturated carbocycles. The lowest BCUT2D eigenvalue weighted by Crippen LogP contribution is -2.30. The lowest BCUT2D eigenvalue weighted by molar-refractivity contribution is -0.131. The van der Waals surface area contributed by atoms with Crippen molar-refractivity contribution in [3.05, 3.63) is 35.4 Å². The van der Waals surface area contributed by atoms with E-state index in [4.69, 9.17) is 0 Å². The number of likely N-dealkylation sites (tertiary alicyclic amines) is 1. The highest BCUT2D eigenvalue weighted by atomic mass is 32.2. The molecular weight excluding hydrogens is 298 g/mol. The molecule has 2 heterocycles. The molecule has 0 N–H and O–H groups in total. The molecule has 0 spiro atoms. The summed E-state index contributed by atoms with van der Waals surface area (Å²) in [4.78, 5) is 14.3. The van der Waals surface area contributed by atoms with Crippen molar-refractivity contribution in [3.63, 3.8) is 0 Å². The summed E-state index contributed by atoms with van der Waals surface area (Å²) in [5.41, 5.74) is 2.62. The molecule has 2 fully saturated rings. The van der Waals surface area contributed by atoms with Crippen LogP contribution in [-0.2, 0) is 14.6 Å². The third kappa shape index (κ3) is 3.35. The van der Waals surface area contributed by atoms with Crippen LogP contribution in [0.3, 0.4) is 0 Å². The van der Waals surface area contributed by atoms with Crippen LogP contribution in [-0.4, -0.2) is 43.8 Å². The minimum absolute atomic E-state index is 0.0232. The molecule has 0 aliphatic carbocycles. The van der Waals surface area contributed by atoms with E-state index >= 15 is 0 Å². The fourth-order valence-electron chi connectivity index (χ4n) is 3.69. The van der Waals surface area contributed by atoms with Gasteiger partial charge in [-0.1, -0.05) is 24.3 Å². The second-order valence-electron chi connectivity index (χ2n) is 6.66. The highest BCUT2D eigenvalue weighted by molar-refractivity contribution is 7.91. The van der Waals surface area contributed by atoms with Crippen LogP contribution >= 0.6 is 0 Å². The zero-order chi connectivity index (χ0) is 15.7. The Labute approximate surface area is 132 Å². The molecule has 120 valence electrons. The Morgan fingerprint density at radius 1 is 1.27 bits per heavy atom. The van der Waals surface area contributed by atoms with E-state index in [2.05, 4.69) is 25.1 Å². The van der Waals surface area contributed by atoms with Crippen LogP contribution in [0.4, 0.5) is 0 Å². The van der Waals surface area contributed by atoms with Gasteiger partial charge in [0.05, 0.1) is 11.5 Å². The summed E-state index contributed by atoms with van der Waals surface area (Å²) < 4.78 is 23.0. The summed E-state index contributed by atoms with van der Waals surface area (Å²) in [7, 11) is -2.89. The van der Waals surface area contributed by atoms with Crippen LogP contribution in [0.5, 0.6) is 0 Å². The van der Waals surface area contributed by atoms with E-state index in [1.807, 2.05) is 11.0 Å². The summed E-state index contributed by atoms with van der Waals surface area (Å²) in [5, 5.41) is 0. The van der Waals surface area contributed by atoms with E-state index in [0.717, 1.165) is 19.5 Å². The third-order valence-corrected chi connectivity index (χ3v) is 6.80. The van der Waals surface area contributed by atoms with E-state index in [9.17, 15) is 13.2 Å².